The smallest absolute Gasteiger partial charge is 0.244 e. The molecule has 106 valence electrons. The number of anilines is 1. The van der Waals surface area contributed by atoms with Gasteiger partial charge in [-0.2, -0.15) is 4.98 Å². The van der Waals surface area contributed by atoms with Gasteiger partial charge in [-0.1, -0.05) is 26.2 Å². The lowest BCUT2D eigenvalue weighted by Gasteiger charge is -2.38. The molecule has 0 spiro atoms. The topological polar surface area (TPSA) is 70.8 Å². The van der Waals surface area contributed by atoms with Crippen molar-refractivity contribution in [3.63, 3.8) is 0 Å². The van der Waals surface area contributed by atoms with Crippen LogP contribution in [0.15, 0.2) is 0 Å². The molecule has 2 heterocycles. The first-order valence-corrected chi connectivity index (χ1v) is 7.55. The van der Waals surface area contributed by atoms with Gasteiger partial charge >= 0.3 is 0 Å². The summed E-state index contributed by atoms with van der Waals surface area (Å²) in [5.74, 6) is 2.78. The van der Waals surface area contributed by atoms with Gasteiger partial charge in [0.15, 0.2) is 0 Å². The van der Waals surface area contributed by atoms with Gasteiger partial charge in [0.25, 0.3) is 0 Å². The number of piperidine rings is 1. The number of aromatic nitrogens is 3. The lowest BCUT2D eigenvalue weighted by molar-refractivity contribution is 0.257. The molecule has 0 bridgehead atoms. The van der Waals surface area contributed by atoms with Crippen LogP contribution in [0.5, 0.6) is 0 Å². The highest BCUT2D eigenvalue weighted by molar-refractivity contribution is 5.29. The van der Waals surface area contributed by atoms with Gasteiger partial charge in [-0.15, -0.1) is 5.10 Å². The third-order valence-electron chi connectivity index (χ3n) is 4.97. The van der Waals surface area contributed by atoms with Crippen molar-refractivity contribution in [1.29, 1.82) is 0 Å². The molecule has 0 amide bonds. The Kier molecular flexibility index (Phi) is 3.48. The summed E-state index contributed by atoms with van der Waals surface area (Å²) < 4.78 is 0. The summed E-state index contributed by atoms with van der Waals surface area (Å²) in [6, 6.07) is 0. The molecular formula is C14H25N5. The summed E-state index contributed by atoms with van der Waals surface area (Å²) in [5.41, 5.74) is 6.15. The third-order valence-corrected chi connectivity index (χ3v) is 4.97. The second kappa shape index (κ2) is 5.12. The van der Waals surface area contributed by atoms with Gasteiger partial charge in [0.1, 0.15) is 5.82 Å². The maximum Gasteiger partial charge on any atom is 0.244 e. The molecule has 0 aromatic carbocycles. The fraction of sp³-hybridized carbons (Fsp3) is 0.857. The molecule has 5 nitrogen and oxygen atoms in total. The van der Waals surface area contributed by atoms with E-state index in [9.17, 15) is 0 Å². The van der Waals surface area contributed by atoms with Crippen molar-refractivity contribution in [2.24, 2.45) is 17.1 Å². The van der Waals surface area contributed by atoms with Crippen molar-refractivity contribution in [2.45, 2.75) is 45.4 Å². The number of rotatable bonds is 4. The number of hydrogen-bond donors (Lipinski definition) is 2. The molecule has 2 fully saturated rings. The normalized spacial score (nSPS) is 23.4. The quantitative estimate of drug-likeness (QED) is 0.867. The Morgan fingerprint density at radius 3 is 2.68 bits per heavy atom. The number of aromatic amines is 1. The average molecular weight is 263 g/mol. The van der Waals surface area contributed by atoms with E-state index in [1.54, 1.807) is 0 Å². The van der Waals surface area contributed by atoms with Gasteiger partial charge in [-0.05, 0) is 30.7 Å². The van der Waals surface area contributed by atoms with Crippen LogP contribution < -0.4 is 10.6 Å². The van der Waals surface area contributed by atoms with E-state index in [1.807, 2.05) is 0 Å². The molecule has 1 saturated carbocycles. The zero-order valence-corrected chi connectivity index (χ0v) is 11.9. The zero-order chi connectivity index (χ0) is 13.3. The summed E-state index contributed by atoms with van der Waals surface area (Å²) in [7, 11) is 0. The van der Waals surface area contributed by atoms with Crippen LogP contribution in [0, 0.1) is 11.3 Å². The molecule has 3 rings (SSSR count). The predicted octanol–water partition coefficient (Wildman–Crippen LogP) is 1.71. The molecule has 1 saturated heterocycles. The molecule has 1 aromatic heterocycles. The Balaban J connectivity index is 1.57. The lowest BCUT2D eigenvalue weighted by atomic mass is 9.81. The Morgan fingerprint density at radius 1 is 1.37 bits per heavy atom. The standard InChI is InChI=1S/C14H25N5/c1-14(10-15)5-7-19(8-6-14)13-16-12(17-18-13)9-11-3-2-4-11/h11H,2-10,15H2,1H3,(H,16,17,18). The number of nitrogens with one attached hydrogen (secondary N) is 1. The molecule has 1 aliphatic carbocycles. The van der Waals surface area contributed by atoms with E-state index in [0.29, 0.717) is 5.41 Å². The first-order valence-electron chi connectivity index (χ1n) is 7.55. The van der Waals surface area contributed by atoms with Crippen molar-refractivity contribution in [2.75, 3.05) is 24.5 Å². The summed E-state index contributed by atoms with van der Waals surface area (Å²) in [6.07, 6.45) is 7.44. The minimum absolute atomic E-state index is 0.307. The largest absolute Gasteiger partial charge is 0.340 e. The van der Waals surface area contributed by atoms with Crippen molar-refractivity contribution in [3.8, 4) is 0 Å². The van der Waals surface area contributed by atoms with E-state index in [4.69, 9.17) is 5.73 Å². The van der Waals surface area contributed by atoms with Gasteiger partial charge in [-0.3, -0.25) is 5.10 Å². The van der Waals surface area contributed by atoms with Crippen LogP contribution in [0.4, 0.5) is 5.95 Å². The number of H-pyrrole nitrogens is 1. The average Bonchev–Trinajstić information content (AvgIpc) is 2.83. The third kappa shape index (κ3) is 2.76. The van der Waals surface area contributed by atoms with E-state index in [1.165, 1.54) is 19.3 Å². The van der Waals surface area contributed by atoms with Crippen LogP contribution in [0.2, 0.25) is 0 Å². The molecule has 1 aromatic rings. The second-order valence-corrected chi connectivity index (χ2v) is 6.58. The summed E-state index contributed by atoms with van der Waals surface area (Å²) >= 11 is 0. The maximum atomic E-state index is 5.85. The van der Waals surface area contributed by atoms with Crippen LogP contribution in [0.1, 0.15) is 44.9 Å². The van der Waals surface area contributed by atoms with Crippen LogP contribution in [0.3, 0.4) is 0 Å². The van der Waals surface area contributed by atoms with Gasteiger partial charge in [0, 0.05) is 19.5 Å². The van der Waals surface area contributed by atoms with Crippen molar-refractivity contribution >= 4 is 5.95 Å². The second-order valence-electron chi connectivity index (χ2n) is 6.58. The van der Waals surface area contributed by atoms with E-state index < -0.39 is 0 Å². The first-order chi connectivity index (χ1) is 9.18. The highest BCUT2D eigenvalue weighted by Crippen LogP contribution is 2.31. The van der Waals surface area contributed by atoms with E-state index in [0.717, 1.165) is 56.6 Å². The summed E-state index contributed by atoms with van der Waals surface area (Å²) in [6.45, 7) is 5.11. The first kappa shape index (κ1) is 12.9. The zero-order valence-electron chi connectivity index (χ0n) is 11.9. The lowest BCUT2D eigenvalue weighted by Crippen LogP contribution is -2.42. The molecule has 1 aliphatic heterocycles. The summed E-state index contributed by atoms with van der Waals surface area (Å²) in [5, 5.41) is 7.49. The van der Waals surface area contributed by atoms with Gasteiger partial charge in [0.2, 0.25) is 5.95 Å². The monoisotopic (exact) mass is 263 g/mol. The fourth-order valence-electron chi connectivity index (χ4n) is 2.94. The van der Waals surface area contributed by atoms with Crippen LogP contribution in [-0.2, 0) is 6.42 Å². The van der Waals surface area contributed by atoms with Crippen LogP contribution in [-0.4, -0.2) is 34.8 Å². The molecule has 0 atom stereocenters. The number of nitrogens with zero attached hydrogens (tertiary/aromatic N) is 3. The van der Waals surface area contributed by atoms with E-state index >= 15 is 0 Å². The molecule has 2 aliphatic rings. The minimum atomic E-state index is 0.307. The Morgan fingerprint density at radius 2 is 2.11 bits per heavy atom. The molecule has 5 heteroatoms. The van der Waals surface area contributed by atoms with Gasteiger partial charge in [-0.25, -0.2) is 0 Å². The van der Waals surface area contributed by atoms with Crippen molar-refractivity contribution in [3.05, 3.63) is 5.82 Å². The Hall–Kier alpha value is -1.10. The molecule has 19 heavy (non-hydrogen) atoms. The Labute approximate surface area is 115 Å². The number of nitrogens with two attached hydrogens (primary N) is 1. The Bertz CT molecular complexity index is 415. The number of hydrogen-bond acceptors (Lipinski definition) is 4. The van der Waals surface area contributed by atoms with Gasteiger partial charge < -0.3 is 10.6 Å². The SMILES string of the molecule is CC1(CN)CCN(c2n[nH]c(CC3CCC3)n2)CC1. The van der Waals surface area contributed by atoms with Crippen molar-refractivity contribution in [1.82, 2.24) is 15.2 Å². The minimum Gasteiger partial charge on any atom is -0.340 e. The predicted molar refractivity (Wildman–Crippen MR) is 76.0 cm³/mol. The van der Waals surface area contributed by atoms with Crippen molar-refractivity contribution < 1.29 is 0 Å². The molecule has 0 unspecified atom stereocenters. The fourth-order valence-corrected chi connectivity index (χ4v) is 2.94. The maximum absolute atomic E-state index is 5.85. The molecule has 3 N–H and O–H groups in total. The summed E-state index contributed by atoms with van der Waals surface area (Å²) in [4.78, 5) is 6.95. The highest BCUT2D eigenvalue weighted by Gasteiger charge is 2.30. The molecular weight excluding hydrogens is 238 g/mol. The van der Waals surface area contributed by atoms with Crippen LogP contribution in [0.25, 0.3) is 0 Å². The highest BCUT2D eigenvalue weighted by atomic mass is 15.4. The van der Waals surface area contributed by atoms with E-state index in [-0.39, 0.29) is 0 Å². The van der Waals surface area contributed by atoms with Crippen LogP contribution >= 0.6 is 0 Å². The van der Waals surface area contributed by atoms with Gasteiger partial charge in [0.05, 0.1) is 0 Å². The van der Waals surface area contributed by atoms with E-state index in [2.05, 4.69) is 27.0 Å². The molecule has 0 radical (unpaired) electrons.